The van der Waals surface area contributed by atoms with Crippen LogP contribution in [0.5, 0.6) is 0 Å². The number of benzene rings is 6. The summed E-state index contributed by atoms with van der Waals surface area (Å²) >= 11 is 0. The van der Waals surface area contributed by atoms with Crippen molar-refractivity contribution < 1.29 is 4.42 Å². The molecule has 0 N–H and O–H groups in total. The van der Waals surface area contributed by atoms with Gasteiger partial charge in [-0.3, -0.25) is 0 Å². The minimum Gasteiger partial charge on any atom is -0.456 e. The highest BCUT2D eigenvalue weighted by atomic mass is 16.3. The maximum absolute atomic E-state index is 6.52. The topological polar surface area (TPSA) is 77.6 Å². The molecular weight excluding hydrogens is 675 g/mol. The van der Waals surface area contributed by atoms with Crippen molar-refractivity contribution in [3.05, 3.63) is 186 Å². The number of hydrogen-bond acceptors (Lipinski definition) is 6. The van der Waals surface area contributed by atoms with Crippen molar-refractivity contribution in [1.29, 1.82) is 0 Å². The molecule has 6 nitrogen and oxygen atoms in total. The summed E-state index contributed by atoms with van der Waals surface area (Å²) in [7, 11) is 0. The van der Waals surface area contributed by atoms with Crippen LogP contribution in [0.15, 0.2) is 174 Å². The lowest BCUT2D eigenvalue weighted by atomic mass is 9.98. The molecule has 0 saturated carbocycles. The first-order valence-electron chi connectivity index (χ1n) is 18.5. The summed E-state index contributed by atoms with van der Waals surface area (Å²) in [6.07, 6.45) is 3.76. The molecule has 3 heterocycles. The fourth-order valence-electron chi connectivity index (χ4n) is 7.29. The van der Waals surface area contributed by atoms with Gasteiger partial charge in [0.2, 0.25) is 0 Å². The summed E-state index contributed by atoms with van der Waals surface area (Å²) in [5.74, 6) is 2.60. The Bertz CT molecular complexity index is 2890. The van der Waals surface area contributed by atoms with E-state index in [-0.39, 0.29) is 0 Å². The van der Waals surface area contributed by atoms with Crippen molar-refractivity contribution in [2.24, 2.45) is 0 Å². The van der Waals surface area contributed by atoms with Gasteiger partial charge in [0.05, 0.1) is 11.4 Å². The molecule has 10 rings (SSSR count). The summed E-state index contributed by atoms with van der Waals surface area (Å²) in [6, 6.07) is 57.7. The van der Waals surface area contributed by atoms with E-state index in [9.17, 15) is 0 Å². The second kappa shape index (κ2) is 13.9. The van der Waals surface area contributed by atoms with Crippen LogP contribution in [0.25, 0.3) is 90.4 Å². The zero-order valence-electron chi connectivity index (χ0n) is 29.8. The van der Waals surface area contributed by atoms with E-state index in [2.05, 4.69) is 84.9 Å². The summed E-state index contributed by atoms with van der Waals surface area (Å²) < 4.78 is 6.52. The Morgan fingerprint density at radius 3 is 1.42 bits per heavy atom. The molecule has 0 fully saturated rings. The predicted octanol–water partition coefficient (Wildman–Crippen LogP) is 10.2. The third-order valence-electron chi connectivity index (χ3n) is 10.1. The molecule has 0 radical (unpaired) electrons. The maximum Gasteiger partial charge on any atom is 0.164 e. The Morgan fingerprint density at radius 2 is 0.836 bits per heavy atom. The Labute approximate surface area is 317 Å². The van der Waals surface area contributed by atoms with Crippen LogP contribution in [-0.4, -0.2) is 24.9 Å². The molecule has 0 bridgehead atoms. The van der Waals surface area contributed by atoms with Gasteiger partial charge in [0.25, 0.3) is 0 Å². The quantitative estimate of drug-likeness (QED) is 0.164. The third-order valence-corrected chi connectivity index (χ3v) is 10.1. The molecule has 3 aromatic heterocycles. The summed E-state index contributed by atoms with van der Waals surface area (Å²) in [6.45, 7) is 0. The first-order valence-corrected chi connectivity index (χ1v) is 18.5. The van der Waals surface area contributed by atoms with Gasteiger partial charge in [-0.05, 0) is 54.3 Å². The SMILES string of the molecule is C1=c2oc3ccc(-c4cc(-c5ccc(-c6ccccc6)cc5)nc(-c5ccccc5)n4)cc3c2=C(c2nc(-c3ccccc3)nc(-c3ccccc3)n2)CC1. The molecule has 0 saturated heterocycles. The van der Waals surface area contributed by atoms with Gasteiger partial charge in [-0.15, -0.1) is 0 Å². The van der Waals surface area contributed by atoms with Gasteiger partial charge in [0, 0.05) is 44.0 Å². The molecule has 0 spiro atoms. The molecule has 55 heavy (non-hydrogen) atoms. The van der Waals surface area contributed by atoms with E-state index in [1.165, 1.54) is 5.56 Å². The monoisotopic (exact) mass is 707 g/mol. The van der Waals surface area contributed by atoms with E-state index in [1.54, 1.807) is 0 Å². The van der Waals surface area contributed by atoms with Crippen LogP contribution in [0.3, 0.4) is 0 Å². The smallest absolute Gasteiger partial charge is 0.164 e. The zero-order valence-corrected chi connectivity index (χ0v) is 29.8. The van der Waals surface area contributed by atoms with Gasteiger partial charge in [0.1, 0.15) is 11.0 Å². The van der Waals surface area contributed by atoms with E-state index >= 15 is 0 Å². The van der Waals surface area contributed by atoms with Gasteiger partial charge in [-0.1, -0.05) is 146 Å². The van der Waals surface area contributed by atoms with Crippen LogP contribution in [0.4, 0.5) is 0 Å². The number of hydrogen-bond donors (Lipinski definition) is 0. The number of rotatable bonds is 7. The molecule has 6 aromatic carbocycles. The number of nitrogens with zero attached hydrogens (tertiary/aromatic N) is 5. The molecule has 260 valence electrons. The molecule has 9 aromatic rings. The lowest BCUT2D eigenvalue weighted by Crippen LogP contribution is -2.27. The average Bonchev–Trinajstić information content (AvgIpc) is 3.66. The van der Waals surface area contributed by atoms with E-state index in [0.717, 1.165) is 84.8 Å². The highest BCUT2D eigenvalue weighted by Crippen LogP contribution is 2.31. The Kier molecular flexibility index (Phi) is 8.18. The Balaban J connectivity index is 1.14. The zero-order chi connectivity index (χ0) is 36.6. The van der Waals surface area contributed by atoms with E-state index < -0.39 is 0 Å². The fraction of sp³-hybridized carbons (Fsp3) is 0.0408. The summed E-state index contributed by atoms with van der Waals surface area (Å²) in [5, 5.41) is 2.01. The van der Waals surface area contributed by atoms with Crippen molar-refractivity contribution in [1.82, 2.24) is 24.9 Å². The van der Waals surface area contributed by atoms with Crippen LogP contribution in [0, 0.1) is 0 Å². The van der Waals surface area contributed by atoms with Crippen molar-refractivity contribution in [3.63, 3.8) is 0 Å². The Hall–Kier alpha value is -7.31. The average molecular weight is 708 g/mol. The van der Waals surface area contributed by atoms with Crippen LogP contribution in [-0.2, 0) is 0 Å². The molecule has 1 aliphatic rings. The van der Waals surface area contributed by atoms with Crippen LogP contribution >= 0.6 is 0 Å². The lowest BCUT2D eigenvalue weighted by molar-refractivity contribution is 0.571. The Morgan fingerprint density at radius 1 is 0.382 bits per heavy atom. The minimum atomic E-state index is 0.639. The highest BCUT2D eigenvalue weighted by Gasteiger charge is 2.20. The molecule has 6 heteroatoms. The third kappa shape index (κ3) is 6.30. The van der Waals surface area contributed by atoms with E-state index in [1.807, 2.05) is 91.0 Å². The van der Waals surface area contributed by atoms with Crippen molar-refractivity contribution >= 4 is 22.6 Å². The molecule has 0 atom stereocenters. The van der Waals surface area contributed by atoms with Gasteiger partial charge >= 0.3 is 0 Å². The molecule has 0 aliphatic heterocycles. The van der Waals surface area contributed by atoms with Gasteiger partial charge in [0.15, 0.2) is 23.3 Å². The van der Waals surface area contributed by atoms with Crippen molar-refractivity contribution in [3.8, 4) is 67.8 Å². The van der Waals surface area contributed by atoms with Crippen molar-refractivity contribution in [2.75, 3.05) is 0 Å². The van der Waals surface area contributed by atoms with Crippen LogP contribution in [0.1, 0.15) is 18.7 Å². The van der Waals surface area contributed by atoms with Crippen molar-refractivity contribution in [2.45, 2.75) is 12.8 Å². The lowest BCUT2D eigenvalue weighted by Gasteiger charge is -2.12. The second-order valence-electron chi connectivity index (χ2n) is 13.6. The second-order valence-corrected chi connectivity index (χ2v) is 13.6. The molecular formula is C49H33N5O. The normalized spacial score (nSPS) is 12.3. The van der Waals surface area contributed by atoms with Crippen LogP contribution < -0.4 is 10.6 Å². The highest BCUT2D eigenvalue weighted by molar-refractivity contribution is 5.88. The maximum atomic E-state index is 6.52. The first kappa shape index (κ1) is 32.3. The van der Waals surface area contributed by atoms with E-state index in [0.29, 0.717) is 23.3 Å². The summed E-state index contributed by atoms with van der Waals surface area (Å²) in [4.78, 5) is 25.4. The van der Waals surface area contributed by atoms with Crippen LogP contribution in [0.2, 0.25) is 0 Å². The predicted molar refractivity (Wildman–Crippen MR) is 220 cm³/mol. The standard InChI is InChI=1S/C49H33N5O/c1-5-14-32(15-6-1)33-24-26-34(27-25-33)41-31-42(51-46(50-41)35-16-7-2-8-17-35)38-28-29-43-40(30-38)45-39(22-13-23-44(45)55-43)49-53-47(36-18-9-3-10-19-36)52-48(54-49)37-20-11-4-12-21-37/h1-12,14-21,23-31H,13,22H2. The summed E-state index contributed by atoms with van der Waals surface area (Å²) in [5.41, 5.74) is 11.5. The molecule has 0 unspecified atom stereocenters. The number of aromatic nitrogens is 5. The van der Waals surface area contributed by atoms with Gasteiger partial charge < -0.3 is 4.42 Å². The largest absolute Gasteiger partial charge is 0.456 e. The van der Waals surface area contributed by atoms with Gasteiger partial charge in [-0.25, -0.2) is 24.9 Å². The first-order chi connectivity index (χ1) is 27.2. The molecule has 0 amide bonds. The van der Waals surface area contributed by atoms with Gasteiger partial charge in [-0.2, -0.15) is 0 Å². The van der Waals surface area contributed by atoms with E-state index in [4.69, 9.17) is 29.3 Å². The minimum absolute atomic E-state index is 0.639. The fourth-order valence-corrected chi connectivity index (χ4v) is 7.29. The number of furan rings is 1. The number of fused-ring (bicyclic) bond motifs is 3. The molecule has 1 aliphatic carbocycles.